The minimum absolute atomic E-state index is 0.817. The molecule has 0 aromatic heterocycles. The highest BCUT2D eigenvalue weighted by atomic mass is 35.8. The van der Waals surface area contributed by atoms with Gasteiger partial charge in [-0.25, -0.2) is 0 Å². The van der Waals surface area contributed by atoms with E-state index in [9.17, 15) is 0 Å². The number of rotatable bonds is 5. The summed E-state index contributed by atoms with van der Waals surface area (Å²) in [6.45, 7) is 0.451. The fourth-order valence-electron chi connectivity index (χ4n) is 0.752. The molecule has 8 heteroatoms. The summed E-state index contributed by atoms with van der Waals surface area (Å²) in [6, 6.07) is -1.47. The van der Waals surface area contributed by atoms with Crippen LogP contribution in [-0.2, 0) is 0 Å². The summed E-state index contributed by atoms with van der Waals surface area (Å²) in [4.78, 5) is 0. The second kappa shape index (κ2) is 11.7. The molecule has 0 aliphatic heterocycles. The van der Waals surface area contributed by atoms with Gasteiger partial charge in [0.25, 0.3) is 0 Å². The van der Waals surface area contributed by atoms with Crippen LogP contribution in [0.5, 0.6) is 0 Å². The number of halogens is 6. The molecule has 14 heavy (non-hydrogen) atoms. The predicted octanol–water partition coefficient (Wildman–Crippen LogP) is 5.64. The fourth-order valence-corrected chi connectivity index (χ4v) is 2.61. The van der Waals surface area contributed by atoms with Crippen molar-refractivity contribution >= 4 is 79.2 Å². The van der Waals surface area contributed by atoms with E-state index in [1.807, 2.05) is 0 Å². The topological polar surface area (TPSA) is 0 Å². The zero-order valence-corrected chi connectivity index (χ0v) is 14.6. The largest absolute Gasteiger partial charge is 0.341 e. The highest BCUT2D eigenvalue weighted by Gasteiger charge is 2.23. The van der Waals surface area contributed by atoms with Crippen molar-refractivity contribution in [1.29, 1.82) is 0 Å². The molecule has 0 amide bonds. The van der Waals surface area contributed by atoms with Crippen LogP contribution in [0.25, 0.3) is 0 Å². The van der Waals surface area contributed by atoms with Gasteiger partial charge in [0, 0.05) is 0 Å². The van der Waals surface area contributed by atoms with Crippen molar-refractivity contribution in [3.05, 3.63) is 0 Å². The second-order valence-electron chi connectivity index (χ2n) is 2.67. The van der Waals surface area contributed by atoms with E-state index < -0.39 is 12.7 Å². The van der Waals surface area contributed by atoms with E-state index in [1.165, 1.54) is 19.3 Å². The molecule has 0 bridgehead atoms. The van der Waals surface area contributed by atoms with Crippen molar-refractivity contribution in [3.8, 4) is 0 Å². The van der Waals surface area contributed by atoms with Crippen molar-refractivity contribution < 1.29 is 0 Å². The zero-order chi connectivity index (χ0) is 11.6. The standard InChI is InChI=1S/C6H13Cl3Si.Cl3HSi/c1-2-3-4-5-6-10(7,8)9;1-4(2)3/h2-6H2,1H3;4H. The van der Waals surface area contributed by atoms with E-state index in [4.69, 9.17) is 66.5 Å². The first-order valence-electron chi connectivity index (χ1n) is 4.28. The molecule has 0 aliphatic rings. The first kappa shape index (κ1) is 18.5. The molecule has 0 radical (unpaired) electrons. The van der Waals surface area contributed by atoms with Gasteiger partial charge in [0.1, 0.15) is 0 Å². The third-order valence-electron chi connectivity index (χ3n) is 1.31. The van der Waals surface area contributed by atoms with Crippen LogP contribution in [0.3, 0.4) is 0 Å². The Bertz CT molecular complexity index is 113. The molecule has 0 aliphatic carbocycles. The van der Waals surface area contributed by atoms with Crippen molar-refractivity contribution in [1.82, 2.24) is 0 Å². The maximum absolute atomic E-state index is 5.68. The summed E-state index contributed by atoms with van der Waals surface area (Å²) >= 11 is 31.9. The Labute approximate surface area is 117 Å². The fraction of sp³-hybridized carbons (Fsp3) is 1.00. The van der Waals surface area contributed by atoms with Gasteiger partial charge in [-0.05, 0) is 6.04 Å². The summed E-state index contributed by atoms with van der Waals surface area (Å²) in [7, 11) is 0. The summed E-state index contributed by atoms with van der Waals surface area (Å²) in [5.41, 5.74) is 0. The first-order valence-corrected chi connectivity index (χ1v) is 14.8. The van der Waals surface area contributed by atoms with Crippen LogP contribution < -0.4 is 0 Å². The lowest BCUT2D eigenvalue weighted by Gasteiger charge is -2.05. The predicted molar refractivity (Wildman–Crippen MR) is 77.0 cm³/mol. The molecule has 0 heterocycles. The minimum atomic E-state index is -2.29. The van der Waals surface area contributed by atoms with Crippen molar-refractivity contribution in [3.63, 3.8) is 0 Å². The van der Waals surface area contributed by atoms with Crippen LogP contribution >= 0.6 is 66.5 Å². The van der Waals surface area contributed by atoms with Crippen LogP contribution in [-0.4, -0.2) is 12.7 Å². The van der Waals surface area contributed by atoms with Gasteiger partial charge in [0.2, 0.25) is 0 Å². The maximum atomic E-state index is 5.68. The molecular weight excluding hydrogens is 341 g/mol. The maximum Gasteiger partial charge on any atom is 0.341 e. The summed E-state index contributed by atoms with van der Waals surface area (Å²) in [5.74, 6) is 0. The Morgan fingerprint density at radius 1 is 0.929 bits per heavy atom. The Hall–Kier alpha value is 2.17. The number of hydrogen-bond acceptors (Lipinski definition) is 0. The van der Waals surface area contributed by atoms with Gasteiger partial charge >= 0.3 is 12.7 Å². The van der Waals surface area contributed by atoms with Crippen molar-refractivity contribution in [2.45, 2.75) is 38.7 Å². The van der Waals surface area contributed by atoms with Crippen molar-refractivity contribution in [2.24, 2.45) is 0 Å². The Morgan fingerprint density at radius 2 is 1.36 bits per heavy atom. The van der Waals surface area contributed by atoms with Gasteiger partial charge < -0.3 is 0 Å². The van der Waals surface area contributed by atoms with Crippen LogP contribution in [0, 0.1) is 0 Å². The lowest BCUT2D eigenvalue weighted by Crippen LogP contribution is -2.07. The van der Waals surface area contributed by atoms with Gasteiger partial charge in [-0.2, -0.15) is 0 Å². The molecular formula is C6H14Cl6Si2. The molecule has 0 N–H and O–H groups in total. The van der Waals surface area contributed by atoms with Gasteiger partial charge in [-0.3, -0.25) is 0 Å². The lowest BCUT2D eigenvalue weighted by molar-refractivity contribution is 0.700. The summed E-state index contributed by atoms with van der Waals surface area (Å²) < 4.78 is 0. The minimum Gasteiger partial charge on any atom is -0.130 e. The zero-order valence-electron chi connectivity index (χ0n) is 7.88. The first-order chi connectivity index (χ1) is 6.29. The Balaban J connectivity index is 0. The highest BCUT2D eigenvalue weighted by molar-refractivity contribution is 7.64. The van der Waals surface area contributed by atoms with Gasteiger partial charge in [0.15, 0.2) is 0 Å². The molecule has 0 atom stereocenters. The van der Waals surface area contributed by atoms with E-state index >= 15 is 0 Å². The van der Waals surface area contributed by atoms with E-state index in [2.05, 4.69) is 6.92 Å². The molecule has 0 fully saturated rings. The molecule has 0 unspecified atom stereocenters. The number of hydrogen-bond donors (Lipinski definition) is 0. The third kappa shape index (κ3) is 29.2. The van der Waals surface area contributed by atoms with Gasteiger partial charge in [0.05, 0.1) is 0 Å². The molecule has 0 saturated heterocycles. The van der Waals surface area contributed by atoms with E-state index in [1.54, 1.807) is 0 Å². The van der Waals surface area contributed by atoms with E-state index in [0.29, 0.717) is 0 Å². The molecule has 88 valence electrons. The molecule has 0 rings (SSSR count). The molecule has 0 saturated carbocycles. The van der Waals surface area contributed by atoms with Crippen LogP contribution in [0.4, 0.5) is 0 Å². The van der Waals surface area contributed by atoms with Crippen LogP contribution in [0.1, 0.15) is 32.6 Å². The average Bonchev–Trinajstić information content (AvgIpc) is 1.95. The van der Waals surface area contributed by atoms with E-state index in [-0.39, 0.29) is 0 Å². The normalized spacial score (nSPS) is 11.1. The highest BCUT2D eigenvalue weighted by Crippen LogP contribution is 2.27. The quantitative estimate of drug-likeness (QED) is 0.340. The number of unbranched alkanes of at least 4 members (excludes halogenated alkanes) is 3. The lowest BCUT2D eigenvalue weighted by atomic mass is 10.2. The Kier molecular flexibility index (Phi) is 15.4. The van der Waals surface area contributed by atoms with Gasteiger partial charge in [-0.15, -0.1) is 66.5 Å². The smallest absolute Gasteiger partial charge is 0.130 e. The van der Waals surface area contributed by atoms with E-state index in [0.717, 1.165) is 12.5 Å². The monoisotopic (exact) mass is 352 g/mol. The van der Waals surface area contributed by atoms with Crippen molar-refractivity contribution in [2.75, 3.05) is 0 Å². The van der Waals surface area contributed by atoms with Crippen LogP contribution in [0.2, 0.25) is 6.04 Å². The molecule has 0 nitrogen and oxygen atoms in total. The van der Waals surface area contributed by atoms with Crippen LogP contribution in [0.15, 0.2) is 0 Å². The molecule has 0 aromatic carbocycles. The average molecular weight is 355 g/mol. The SMILES string of the molecule is CCCCCC[Si](Cl)(Cl)Cl.Cl[SiH](Cl)Cl. The third-order valence-corrected chi connectivity index (χ3v) is 3.94. The Morgan fingerprint density at radius 3 is 1.64 bits per heavy atom. The van der Waals surface area contributed by atoms with Gasteiger partial charge in [-0.1, -0.05) is 32.6 Å². The second-order valence-corrected chi connectivity index (χ2v) is 18.4. The summed E-state index contributed by atoms with van der Waals surface area (Å²) in [6.07, 6.45) is 4.78. The summed E-state index contributed by atoms with van der Waals surface area (Å²) in [5, 5.41) is 0. The molecule has 0 aromatic rings. The molecule has 0 spiro atoms.